The number of thiocarbonyl (C=S) groups is 1. The van der Waals surface area contributed by atoms with Gasteiger partial charge in [0.05, 0.1) is 12.2 Å². The Hall–Kier alpha value is -1.41. The first-order chi connectivity index (χ1) is 9.36. The smallest absolute Gasteiger partial charge is 0.433 e. The summed E-state index contributed by atoms with van der Waals surface area (Å²) in [4.78, 5) is 3.34. The molecule has 0 amide bonds. The average Bonchev–Trinajstić information content (AvgIpc) is 2.37. The number of aromatic nitrogens is 1. The minimum Gasteiger partial charge on any atom is -0.475 e. The van der Waals surface area contributed by atoms with Crippen LogP contribution >= 0.6 is 12.2 Å². The van der Waals surface area contributed by atoms with E-state index in [2.05, 4.69) is 4.98 Å². The summed E-state index contributed by atoms with van der Waals surface area (Å²) in [6, 6.07) is 1.97. The highest BCUT2D eigenvalue weighted by Crippen LogP contribution is 2.30. The molecule has 0 saturated carbocycles. The zero-order valence-electron chi connectivity index (χ0n) is 10.9. The molecule has 0 bridgehead atoms. The van der Waals surface area contributed by atoms with Crippen LogP contribution in [0.2, 0.25) is 0 Å². The zero-order chi connectivity index (χ0) is 15.2. The van der Waals surface area contributed by atoms with Crippen molar-refractivity contribution in [2.45, 2.75) is 19.5 Å². The maximum absolute atomic E-state index is 12.6. The summed E-state index contributed by atoms with van der Waals surface area (Å²) in [7, 11) is 0. The Morgan fingerprint density at radius 3 is 2.55 bits per heavy atom. The van der Waals surface area contributed by atoms with Gasteiger partial charge in [0.25, 0.3) is 0 Å². The minimum absolute atomic E-state index is 0.0733. The third-order valence-electron chi connectivity index (χ3n) is 2.23. The standard InChI is InChI=1S/C12H15F3N2O2S/c1-2-5-18-6-7-19-11-8(10(16)20)3-4-9(17-11)12(13,14)15/h3-4H,2,5-7H2,1H3,(H2,16,20). The Morgan fingerprint density at radius 1 is 1.30 bits per heavy atom. The van der Waals surface area contributed by atoms with Gasteiger partial charge in [0.1, 0.15) is 17.3 Å². The molecule has 1 heterocycles. The number of hydrogen-bond acceptors (Lipinski definition) is 4. The van der Waals surface area contributed by atoms with Gasteiger partial charge in [-0.05, 0) is 18.6 Å². The van der Waals surface area contributed by atoms with Crippen LogP contribution in [-0.2, 0) is 10.9 Å². The molecule has 20 heavy (non-hydrogen) atoms. The van der Waals surface area contributed by atoms with Crippen LogP contribution in [-0.4, -0.2) is 29.8 Å². The van der Waals surface area contributed by atoms with Crippen LogP contribution in [0, 0.1) is 0 Å². The number of nitrogens with two attached hydrogens (primary N) is 1. The first kappa shape index (κ1) is 16.6. The predicted octanol–water partition coefficient (Wildman–Crippen LogP) is 2.54. The second kappa shape index (κ2) is 7.39. The van der Waals surface area contributed by atoms with Gasteiger partial charge in [-0.3, -0.25) is 0 Å². The molecule has 0 aromatic carbocycles. The molecule has 8 heteroatoms. The third-order valence-corrected chi connectivity index (χ3v) is 2.45. The van der Waals surface area contributed by atoms with Crippen LogP contribution < -0.4 is 10.5 Å². The van der Waals surface area contributed by atoms with Crippen molar-refractivity contribution < 1.29 is 22.6 Å². The number of alkyl halides is 3. The van der Waals surface area contributed by atoms with E-state index < -0.39 is 11.9 Å². The fourth-order valence-electron chi connectivity index (χ4n) is 1.34. The fraction of sp³-hybridized carbons (Fsp3) is 0.500. The number of pyridine rings is 1. The number of hydrogen-bond donors (Lipinski definition) is 1. The second-order valence-corrected chi connectivity index (χ2v) is 4.31. The molecule has 1 aromatic rings. The molecule has 4 nitrogen and oxygen atoms in total. The van der Waals surface area contributed by atoms with Crippen molar-refractivity contribution in [1.82, 2.24) is 4.98 Å². The lowest BCUT2D eigenvalue weighted by molar-refractivity contribution is -0.141. The van der Waals surface area contributed by atoms with Gasteiger partial charge in [0.2, 0.25) is 5.88 Å². The molecular formula is C12H15F3N2O2S. The summed E-state index contributed by atoms with van der Waals surface area (Å²) in [6.45, 7) is 2.83. The second-order valence-electron chi connectivity index (χ2n) is 3.87. The Balaban J connectivity index is 2.81. The highest BCUT2D eigenvalue weighted by Gasteiger charge is 2.33. The van der Waals surface area contributed by atoms with E-state index >= 15 is 0 Å². The summed E-state index contributed by atoms with van der Waals surface area (Å²) in [5.41, 5.74) is 4.54. The molecule has 0 spiro atoms. The van der Waals surface area contributed by atoms with Gasteiger partial charge in [-0.2, -0.15) is 13.2 Å². The van der Waals surface area contributed by atoms with Gasteiger partial charge < -0.3 is 15.2 Å². The topological polar surface area (TPSA) is 57.4 Å². The van der Waals surface area contributed by atoms with E-state index in [9.17, 15) is 13.2 Å². The van der Waals surface area contributed by atoms with Crippen molar-refractivity contribution in [1.29, 1.82) is 0 Å². The summed E-state index contributed by atoms with van der Waals surface area (Å²) < 4.78 is 48.1. The molecule has 1 rings (SSSR count). The molecule has 0 saturated heterocycles. The highest BCUT2D eigenvalue weighted by atomic mass is 32.1. The summed E-state index contributed by atoms with van der Waals surface area (Å²) in [5, 5.41) is 0. The van der Waals surface area contributed by atoms with Gasteiger partial charge in [-0.15, -0.1) is 0 Å². The maximum atomic E-state index is 12.6. The van der Waals surface area contributed by atoms with E-state index in [-0.39, 0.29) is 29.6 Å². The predicted molar refractivity (Wildman–Crippen MR) is 71.7 cm³/mol. The van der Waals surface area contributed by atoms with E-state index in [1.165, 1.54) is 0 Å². The van der Waals surface area contributed by atoms with Crippen LogP contribution in [0.3, 0.4) is 0 Å². The highest BCUT2D eigenvalue weighted by molar-refractivity contribution is 7.80. The lowest BCUT2D eigenvalue weighted by Crippen LogP contribution is -2.17. The van der Waals surface area contributed by atoms with Crippen LogP contribution in [0.5, 0.6) is 5.88 Å². The van der Waals surface area contributed by atoms with Crippen molar-refractivity contribution in [3.05, 3.63) is 23.4 Å². The van der Waals surface area contributed by atoms with Gasteiger partial charge in [0, 0.05) is 6.61 Å². The Labute approximate surface area is 120 Å². The monoisotopic (exact) mass is 308 g/mol. The third kappa shape index (κ3) is 4.93. The molecule has 0 aliphatic heterocycles. The van der Waals surface area contributed by atoms with E-state index in [1.807, 2.05) is 6.92 Å². The number of halogens is 3. The molecule has 1 aromatic heterocycles. The van der Waals surface area contributed by atoms with Gasteiger partial charge >= 0.3 is 6.18 Å². The molecule has 0 atom stereocenters. The molecule has 2 N–H and O–H groups in total. The molecule has 112 valence electrons. The van der Waals surface area contributed by atoms with E-state index in [0.29, 0.717) is 6.61 Å². The summed E-state index contributed by atoms with van der Waals surface area (Å²) in [5.74, 6) is -0.229. The van der Waals surface area contributed by atoms with E-state index in [0.717, 1.165) is 18.6 Å². The van der Waals surface area contributed by atoms with Crippen molar-refractivity contribution in [3.8, 4) is 5.88 Å². The number of ether oxygens (including phenoxy) is 2. The van der Waals surface area contributed by atoms with Crippen LogP contribution in [0.1, 0.15) is 24.6 Å². The van der Waals surface area contributed by atoms with E-state index in [4.69, 9.17) is 27.4 Å². The molecule has 0 fully saturated rings. The Morgan fingerprint density at radius 2 is 2.00 bits per heavy atom. The molecule has 0 aliphatic carbocycles. The minimum atomic E-state index is -4.55. The largest absolute Gasteiger partial charge is 0.475 e. The molecule has 0 aliphatic rings. The van der Waals surface area contributed by atoms with Gasteiger partial charge in [-0.1, -0.05) is 19.1 Å². The van der Waals surface area contributed by atoms with Gasteiger partial charge in [-0.25, -0.2) is 4.98 Å². The first-order valence-corrected chi connectivity index (χ1v) is 6.35. The maximum Gasteiger partial charge on any atom is 0.433 e. The quantitative estimate of drug-likeness (QED) is 0.619. The first-order valence-electron chi connectivity index (χ1n) is 5.94. The molecule has 0 unspecified atom stereocenters. The Kier molecular flexibility index (Phi) is 6.15. The average molecular weight is 308 g/mol. The summed E-state index contributed by atoms with van der Waals surface area (Å²) in [6.07, 6.45) is -3.70. The van der Waals surface area contributed by atoms with E-state index in [1.54, 1.807) is 0 Å². The van der Waals surface area contributed by atoms with Crippen LogP contribution in [0.15, 0.2) is 12.1 Å². The van der Waals surface area contributed by atoms with Crippen LogP contribution in [0.25, 0.3) is 0 Å². The van der Waals surface area contributed by atoms with Crippen molar-refractivity contribution in [2.75, 3.05) is 19.8 Å². The van der Waals surface area contributed by atoms with Crippen molar-refractivity contribution in [3.63, 3.8) is 0 Å². The zero-order valence-corrected chi connectivity index (χ0v) is 11.7. The molecule has 0 radical (unpaired) electrons. The lowest BCUT2D eigenvalue weighted by atomic mass is 10.2. The Bertz CT molecular complexity index is 467. The lowest BCUT2D eigenvalue weighted by Gasteiger charge is -2.12. The SMILES string of the molecule is CCCOCCOc1nc(C(F)(F)F)ccc1C(N)=S. The fourth-order valence-corrected chi connectivity index (χ4v) is 1.49. The van der Waals surface area contributed by atoms with Crippen molar-refractivity contribution >= 4 is 17.2 Å². The van der Waals surface area contributed by atoms with Crippen molar-refractivity contribution in [2.24, 2.45) is 5.73 Å². The number of rotatable bonds is 7. The normalized spacial score (nSPS) is 11.4. The number of nitrogens with zero attached hydrogens (tertiary/aromatic N) is 1. The summed E-state index contributed by atoms with van der Waals surface area (Å²) >= 11 is 4.75. The van der Waals surface area contributed by atoms with Gasteiger partial charge in [0.15, 0.2) is 0 Å². The van der Waals surface area contributed by atoms with Crippen LogP contribution in [0.4, 0.5) is 13.2 Å². The molecular weight excluding hydrogens is 293 g/mol.